The van der Waals surface area contributed by atoms with Crippen molar-refractivity contribution in [1.29, 1.82) is 0 Å². The van der Waals surface area contributed by atoms with Gasteiger partial charge in [0.1, 0.15) is 5.75 Å². The zero-order valence-corrected chi connectivity index (χ0v) is 14.7. The minimum atomic E-state index is 0.0832. The smallest absolute Gasteiger partial charge is 0.227 e. The highest BCUT2D eigenvalue weighted by Crippen LogP contribution is 2.24. The lowest BCUT2D eigenvalue weighted by atomic mass is 10.1. The second kappa shape index (κ2) is 8.39. The number of nitrogen functional groups attached to an aromatic ring is 1. The highest BCUT2D eigenvalue weighted by molar-refractivity contribution is 5.92. The van der Waals surface area contributed by atoms with Gasteiger partial charge in [-0.3, -0.25) is 4.79 Å². The molecule has 0 heterocycles. The molecule has 0 aliphatic carbocycles. The maximum absolute atomic E-state index is 12.3. The van der Waals surface area contributed by atoms with Gasteiger partial charge >= 0.3 is 0 Å². The maximum atomic E-state index is 12.3. The summed E-state index contributed by atoms with van der Waals surface area (Å²) in [4.78, 5) is 14.0. The normalized spacial score (nSPS) is 10.7. The molecule has 2 aromatic carbocycles. The van der Waals surface area contributed by atoms with Crippen molar-refractivity contribution in [2.75, 3.05) is 24.3 Å². The molecule has 0 atom stereocenters. The molecule has 4 nitrogen and oxygen atoms in total. The van der Waals surface area contributed by atoms with Crippen LogP contribution in [0.2, 0.25) is 0 Å². The molecule has 0 bridgehead atoms. The molecule has 0 fully saturated rings. The van der Waals surface area contributed by atoms with E-state index in [4.69, 9.17) is 10.5 Å². The van der Waals surface area contributed by atoms with Gasteiger partial charge in [-0.25, -0.2) is 0 Å². The van der Waals surface area contributed by atoms with Gasteiger partial charge in [0, 0.05) is 19.2 Å². The Morgan fingerprint density at radius 3 is 2.50 bits per heavy atom. The molecule has 0 unspecified atom stereocenters. The number of nitrogens with zero attached hydrogens (tertiary/aromatic N) is 1. The van der Waals surface area contributed by atoms with E-state index >= 15 is 0 Å². The number of rotatable bonds is 7. The van der Waals surface area contributed by atoms with E-state index in [0.717, 1.165) is 11.3 Å². The quantitative estimate of drug-likeness (QED) is 0.785. The van der Waals surface area contributed by atoms with Crippen molar-refractivity contribution in [2.45, 2.75) is 26.7 Å². The SMILES string of the molecule is CC(C)COc1ccc(CCC(=O)N(C)c2ccccc2)cc1N. The standard InChI is InChI=1S/C20H26N2O2/c1-15(2)14-24-19-11-9-16(13-18(19)21)10-12-20(23)22(3)17-7-5-4-6-8-17/h4-9,11,13,15H,10,12,14,21H2,1-3H3. The Labute approximate surface area is 144 Å². The summed E-state index contributed by atoms with van der Waals surface area (Å²) >= 11 is 0. The molecule has 0 radical (unpaired) electrons. The molecule has 2 rings (SSSR count). The van der Waals surface area contributed by atoms with Gasteiger partial charge < -0.3 is 15.4 Å². The first-order valence-electron chi connectivity index (χ1n) is 8.30. The topological polar surface area (TPSA) is 55.6 Å². The summed E-state index contributed by atoms with van der Waals surface area (Å²) in [6, 6.07) is 15.4. The van der Waals surface area contributed by atoms with E-state index in [1.165, 1.54) is 0 Å². The summed E-state index contributed by atoms with van der Waals surface area (Å²) in [5.74, 6) is 1.25. The van der Waals surface area contributed by atoms with Crippen LogP contribution in [-0.4, -0.2) is 19.6 Å². The van der Waals surface area contributed by atoms with Crippen molar-refractivity contribution in [3.8, 4) is 5.75 Å². The third-order valence-corrected chi connectivity index (χ3v) is 3.79. The fourth-order valence-electron chi connectivity index (χ4n) is 2.36. The fraction of sp³-hybridized carbons (Fsp3) is 0.350. The van der Waals surface area contributed by atoms with Gasteiger partial charge in [0.2, 0.25) is 5.91 Å². The van der Waals surface area contributed by atoms with E-state index < -0.39 is 0 Å². The molecule has 4 heteroatoms. The predicted octanol–water partition coefficient (Wildman–Crippen LogP) is 3.90. The Morgan fingerprint density at radius 2 is 1.88 bits per heavy atom. The summed E-state index contributed by atoms with van der Waals surface area (Å²) in [7, 11) is 1.80. The van der Waals surface area contributed by atoms with Crippen molar-refractivity contribution in [2.24, 2.45) is 5.92 Å². The van der Waals surface area contributed by atoms with Crippen LogP contribution >= 0.6 is 0 Å². The Morgan fingerprint density at radius 1 is 1.17 bits per heavy atom. The van der Waals surface area contributed by atoms with E-state index in [2.05, 4.69) is 13.8 Å². The monoisotopic (exact) mass is 326 g/mol. The lowest BCUT2D eigenvalue weighted by molar-refractivity contribution is -0.118. The molecule has 128 valence electrons. The van der Waals surface area contributed by atoms with Crippen molar-refractivity contribution < 1.29 is 9.53 Å². The minimum absolute atomic E-state index is 0.0832. The van der Waals surface area contributed by atoms with Gasteiger partial charge in [-0.15, -0.1) is 0 Å². The van der Waals surface area contributed by atoms with Crippen LogP contribution in [0.1, 0.15) is 25.8 Å². The van der Waals surface area contributed by atoms with Crippen LogP contribution in [0.4, 0.5) is 11.4 Å². The van der Waals surface area contributed by atoms with Gasteiger partial charge in [0.05, 0.1) is 12.3 Å². The first kappa shape index (κ1) is 17.9. The number of benzene rings is 2. The van der Waals surface area contributed by atoms with E-state index in [-0.39, 0.29) is 5.91 Å². The molecule has 2 aromatic rings. The average Bonchev–Trinajstić information content (AvgIpc) is 2.58. The highest BCUT2D eigenvalue weighted by atomic mass is 16.5. The number of amides is 1. The molecule has 0 spiro atoms. The third-order valence-electron chi connectivity index (χ3n) is 3.79. The minimum Gasteiger partial charge on any atom is -0.491 e. The van der Waals surface area contributed by atoms with Crippen LogP contribution in [0.15, 0.2) is 48.5 Å². The van der Waals surface area contributed by atoms with Crippen LogP contribution in [0.3, 0.4) is 0 Å². The van der Waals surface area contributed by atoms with Crippen LogP contribution in [-0.2, 0) is 11.2 Å². The summed E-state index contributed by atoms with van der Waals surface area (Å²) in [6.45, 7) is 4.84. The fourth-order valence-corrected chi connectivity index (χ4v) is 2.36. The number of carbonyl (C=O) groups is 1. The van der Waals surface area contributed by atoms with Gasteiger partial charge in [0.25, 0.3) is 0 Å². The number of carbonyl (C=O) groups excluding carboxylic acids is 1. The number of hydrogen-bond donors (Lipinski definition) is 1. The summed E-state index contributed by atoms with van der Waals surface area (Å²) in [5, 5.41) is 0. The Bertz CT molecular complexity index is 669. The zero-order chi connectivity index (χ0) is 17.5. The van der Waals surface area contributed by atoms with Crippen LogP contribution in [0.5, 0.6) is 5.75 Å². The van der Waals surface area contributed by atoms with Crippen molar-refractivity contribution in [1.82, 2.24) is 0 Å². The zero-order valence-electron chi connectivity index (χ0n) is 14.7. The van der Waals surface area contributed by atoms with Crippen LogP contribution < -0.4 is 15.4 Å². The summed E-state index contributed by atoms with van der Waals surface area (Å²) in [6.07, 6.45) is 1.10. The number of para-hydroxylation sites is 1. The molecule has 0 aliphatic rings. The number of ether oxygens (including phenoxy) is 1. The van der Waals surface area contributed by atoms with Gasteiger partial charge in [0.15, 0.2) is 0 Å². The van der Waals surface area contributed by atoms with E-state index in [1.807, 2.05) is 48.5 Å². The second-order valence-corrected chi connectivity index (χ2v) is 6.37. The molecule has 0 saturated carbocycles. The molecular weight excluding hydrogens is 300 g/mol. The van der Waals surface area contributed by atoms with Crippen molar-refractivity contribution in [3.05, 3.63) is 54.1 Å². The third kappa shape index (κ3) is 5.01. The van der Waals surface area contributed by atoms with Gasteiger partial charge in [-0.2, -0.15) is 0 Å². The maximum Gasteiger partial charge on any atom is 0.227 e. The average molecular weight is 326 g/mol. The Kier molecular flexibility index (Phi) is 6.24. The van der Waals surface area contributed by atoms with Crippen molar-refractivity contribution in [3.63, 3.8) is 0 Å². The summed E-state index contributed by atoms with van der Waals surface area (Å²) in [5.41, 5.74) is 8.61. The van der Waals surface area contributed by atoms with Crippen LogP contribution in [0.25, 0.3) is 0 Å². The molecule has 24 heavy (non-hydrogen) atoms. The number of aryl methyl sites for hydroxylation is 1. The van der Waals surface area contributed by atoms with E-state index in [9.17, 15) is 4.79 Å². The molecule has 0 aromatic heterocycles. The van der Waals surface area contributed by atoms with E-state index in [0.29, 0.717) is 36.8 Å². The van der Waals surface area contributed by atoms with Crippen LogP contribution in [0, 0.1) is 5.92 Å². The second-order valence-electron chi connectivity index (χ2n) is 6.37. The molecular formula is C20H26N2O2. The molecule has 1 amide bonds. The number of nitrogens with two attached hydrogens (primary N) is 1. The lowest BCUT2D eigenvalue weighted by Gasteiger charge is -2.17. The first-order valence-corrected chi connectivity index (χ1v) is 8.30. The number of hydrogen-bond acceptors (Lipinski definition) is 3. The van der Waals surface area contributed by atoms with Gasteiger partial charge in [-0.1, -0.05) is 38.1 Å². The first-order chi connectivity index (χ1) is 11.5. The Hall–Kier alpha value is -2.49. The molecule has 0 saturated heterocycles. The van der Waals surface area contributed by atoms with Gasteiger partial charge in [-0.05, 0) is 42.2 Å². The lowest BCUT2D eigenvalue weighted by Crippen LogP contribution is -2.26. The molecule has 2 N–H and O–H groups in total. The summed E-state index contributed by atoms with van der Waals surface area (Å²) < 4.78 is 5.67. The highest BCUT2D eigenvalue weighted by Gasteiger charge is 2.11. The molecule has 0 aliphatic heterocycles. The largest absolute Gasteiger partial charge is 0.491 e. The predicted molar refractivity (Wildman–Crippen MR) is 99.4 cm³/mol. The van der Waals surface area contributed by atoms with Crippen molar-refractivity contribution >= 4 is 17.3 Å². The van der Waals surface area contributed by atoms with E-state index in [1.54, 1.807) is 11.9 Å². The number of anilines is 2. The Balaban J connectivity index is 1.92.